The van der Waals surface area contributed by atoms with E-state index in [1.807, 2.05) is 24.3 Å². The molecule has 0 spiro atoms. The van der Waals surface area contributed by atoms with Crippen LogP contribution in [0.4, 0.5) is 34.1 Å². The summed E-state index contributed by atoms with van der Waals surface area (Å²) in [6.45, 7) is 9.11. The molecule has 2 aliphatic rings. The summed E-state index contributed by atoms with van der Waals surface area (Å²) in [7, 11) is 0. The van der Waals surface area contributed by atoms with E-state index in [1.54, 1.807) is 0 Å². The van der Waals surface area contributed by atoms with E-state index in [-0.39, 0.29) is 22.2 Å². The minimum atomic E-state index is -0.156. The number of benzene rings is 6. The van der Waals surface area contributed by atoms with Gasteiger partial charge in [0.1, 0.15) is 12.1 Å². The zero-order chi connectivity index (χ0) is 37.2. The molecule has 7 aromatic rings. The van der Waals surface area contributed by atoms with Gasteiger partial charge in [-0.15, -0.1) is 0 Å². The maximum Gasteiger partial charge on any atom is 0.177 e. The average molecular weight is 697 g/mol. The highest BCUT2D eigenvalue weighted by Crippen LogP contribution is 2.53. The van der Waals surface area contributed by atoms with Crippen LogP contribution >= 0.6 is 0 Å². The van der Waals surface area contributed by atoms with Crippen LogP contribution in [-0.2, 0) is 10.8 Å². The summed E-state index contributed by atoms with van der Waals surface area (Å²) in [5.74, 6) is 0. The van der Waals surface area contributed by atoms with Crippen LogP contribution in [0.5, 0.6) is 0 Å². The number of anilines is 6. The molecule has 54 heavy (non-hydrogen) atoms. The molecule has 0 fully saturated rings. The largest absolute Gasteiger partial charge is 0.310 e. The molecule has 0 saturated carbocycles. The molecule has 0 atom stereocenters. The summed E-state index contributed by atoms with van der Waals surface area (Å²) in [6.07, 6.45) is 0. The molecule has 0 saturated heterocycles. The number of hydrogen-bond donors (Lipinski definition) is 0. The zero-order valence-electron chi connectivity index (χ0n) is 30.5. The van der Waals surface area contributed by atoms with Crippen molar-refractivity contribution in [3.8, 4) is 34.7 Å². The fraction of sp³-hybridized carbons (Fsp3) is 0.125. The van der Waals surface area contributed by atoms with Crippen LogP contribution < -0.4 is 9.80 Å². The van der Waals surface area contributed by atoms with Gasteiger partial charge in [-0.3, -0.25) is 0 Å². The lowest BCUT2D eigenvalue weighted by Gasteiger charge is -2.42. The van der Waals surface area contributed by atoms with Crippen LogP contribution in [0.1, 0.15) is 61.3 Å². The summed E-state index contributed by atoms with van der Waals surface area (Å²) in [4.78, 5) is 14.1. The summed E-state index contributed by atoms with van der Waals surface area (Å²) in [6, 6.07) is 55.0. The highest BCUT2D eigenvalue weighted by atomic mass is 15.2. The topological polar surface area (TPSA) is 79.8 Å². The monoisotopic (exact) mass is 696 g/mol. The Bertz CT molecular complexity index is 2410. The number of rotatable bonds is 4. The standard InChI is InChI=1S/C48H36N6/c1-47(2)35-13-5-9-17-41(35)53(42-18-10-6-14-36(42)47)33-25-21-31(22-26-33)45-46(52-40(30-50)39(29-49)51-45)32-23-27-34(28-24-32)54-43-19-11-7-15-37(43)48(3,4)38-16-8-12-20-44(38)54/h5-28H,1-4H3. The Morgan fingerprint density at radius 1 is 0.407 bits per heavy atom. The third-order valence-electron chi connectivity index (χ3n) is 11.2. The van der Waals surface area contributed by atoms with Gasteiger partial charge in [-0.1, -0.05) is 125 Å². The van der Waals surface area contributed by atoms with E-state index in [4.69, 9.17) is 9.97 Å². The third-order valence-corrected chi connectivity index (χ3v) is 11.2. The van der Waals surface area contributed by atoms with Gasteiger partial charge in [-0.05, 0) is 70.8 Å². The minimum Gasteiger partial charge on any atom is -0.310 e. The van der Waals surface area contributed by atoms with E-state index in [9.17, 15) is 10.5 Å². The van der Waals surface area contributed by atoms with Gasteiger partial charge in [0.2, 0.25) is 0 Å². The SMILES string of the molecule is CC1(C)c2ccccc2N(c2ccc(-c3nc(C#N)c(C#N)nc3-c3ccc(N4c5ccccc5C(C)(C)c5ccccc54)cc3)cc2)c2ccccc21. The van der Waals surface area contributed by atoms with Crippen LogP contribution in [0.25, 0.3) is 22.5 Å². The second-order valence-electron chi connectivity index (χ2n) is 14.9. The maximum absolute atomic E-state index is 9.99. The first-order valence-corrected chi connectivity index (χ1v) is 18.1. The van der Waals surface area contributed by atoms with E-state index in [1.165, 1.54) is 22.3 Å². The summed E-state index contributed by atoms with van der Waals surface area (Å²) < 4.78 is 0. The first kappa shape index (κ1) is 32.9. The quantitative estimate of drug-likeness (QED) is 0.182. The average Bonchev–Trinajstić information content (AvgIpc) is 3.21. The van der Waals surface area contributed by atoms with Gasteiger partial charge in [0.15, 0.2) is 11.4 Å². The smallest absolute Gasteiger partial charge is 0.177 e. The lowest BCUT2D eigenvalue weighted by Crippen LogP contribution is -2.30. The predicted molar refractivity (Wildman–Crippen MR) is 216 cm³/mol. The lowest BCUT2D eigenvalue weighted by atomic mass is 9.73. The molecule has 0 amide bonds. The molecule has 6 nitrogen and oxygen atoms in total. The summed E-state index contributed by atoms with van der Waals surface area (Å²) >= 11 is 0. The molecule has 3 heterocycles. The Balaban J connectivity index is 1.13. The Morgan fingerprint density at radius 2 is 0.685 bits per heavy atom. The van der Waals surface area contributed by atoms with Gasteiger partial charge in [0.25, 0.3) is 0 Å². The van der Waals surface area contributed by atoms with Crippen molar-refractivity contribution in [2.24, 2.45) is 0 Å². The highest BCUT2D eigenvalue weighted by molar-refractivity contribution is 5.89. The van der Waals surface area contributed by atoms with Crippen molar-refractivity contribution in [1.29, 1.82) is 10.5 Å². The first-order chi connectivity index (χ1) is 26.2. The molecule has 1 aromatic heterocycles. The van der Waals surface area contributed by atoms with Gasteiger partial charge in [0.05, 0.1) is 34.1 Å². The van der Waals surface area contributed by atoms with Crippen molar-refractivity contribution in [1.82, 2.24) is 9.97 Å². The van der Waals surface area contributed by atoms with Crippen molar-refractivity contribution < 1.29 is 0 Å². The molecule has 0 aliphatic carbocycles. The van der Waals surface area contributed by atoms with E-state index in [0.29, 0.717) is 11.4 Å². The van der Waals surface area contributed by atoms with Crippen molar-refractivity contribution in [3.63, 3.8) is 0 Å². The maximum atomic E-state index is 9.99. The van der Waals surface area contributed by atoms with Crippen LogP contribution in [0.2, 0.25) is 0 Å². The van der Waals surface area contributed by atoms with E-state index in [0.717, 1.165) is 45.3 Å². The number of nitriles is 2. The van der Waals surface area contributed by atoms with Crippen molar-refractivity contribution >= 4 is 34.1 Å². The van der Waals surface area contributed by atoms with E-state index < -0.39 is 0 Å². The summed E-state index contributed by atoms with van der Waals surface area (Å²) in [5, 5.41) is 20.0. The lowest BCUT2D eigenvalue weighted by molar-refractivity contribution is 0.632. The van der Waals surface area contributed by atoms with Gasteiger partial charge < -0.3 is 9.80 Å². The number of hydrogen-bond acceptors (Lipinski definition) is 6. The molecule has 6 heteroatoms. The Kier molecular flexibility index (Phi) is 7.48. The molecule has 0 unspecified atom stereocenters. The van der Waals surface area contributed by atoms with Crippen LogP contribution in [0.15, 0.2) is 146 Å². The van der Waals surface area contributed by atoms with Crippen molar-refractivity contribution in [2.75, 3.05) is 9.80 Å². The number of aromatic nitrogens is 2. The molecule has 9 rings (SSSR count). The normalized spacial score (nSPS) is 14.5. The fourth-order valence-corrected chi connectivity index (χ4v) is 8.43. The van der Waals surface area contributed by atoms with Gasteiger partial charge in [0, 0.05) is 33.3 Å². The van der Waals surface area contributed by atoms with Gasteiger partial charge >= 0.3 is 0 Å². The molecular weight excluding hydrogens is 661 g/mol. The fourth-order valence-electron chi connectivity index (χ4n) is 8.43. The van der Waals surface area contributed by atoms with Gasteiger partial charge in [-0.2, -0.15) is 10.5 Å². The predicted octanol–water partition coefficient (Wildman–Crippen LogP) is 11.8. The molecular formula is C48H36N6. The van der Waals surface area contributed by atoms with Crippen LogP contribution in [0.3, 0.4) is 0 Å². The molecule has 0 N–H and O–H groups in total. The third kappa shape index (κ3) is 4.92. The second-order valence-corrected chi connectivity index (χ2v) is 14.9. The first-order valence-electron chi connectivity index (χ1n) is 18.1. The molecule has 258 valence electrons. The Labute approximate surface area is 315 Å². The van der Waals surface area contributed by atoms with Gasteiger partial charge in [-0.25, -0.2) is 9.97 Å². The van der Waals surface area contributed by atoms with Crippen molar-refractivity contribution in [3.05, 3.63) is 179 Å². The number of para-hydroxylation sites is 4. The van der Waals surface area contributed by atoms with Crippen molar-refractivity contribution in [2.45, 2.75) is 38.5 Å². The Hall–Kier alpha value is -7.02. The molecule has 2 aliphatic heterocycles. The molecule has 0 radical (unpaired) electrons. The minimum absolute atomic E-state index is 0.00205. The summed E-state index contributed by atoms with van der Waals surface area (Å²) in [5.41, 5.74) is 14.0. The van der Waals surface area contributed by atoms with Crippen LogP contribution in [0, 0.1) is 22.7 Å². The molecule has 0 bridgehead atoms. The molecule has 6 aromatic carbocycles. The Morgan fingerprint density at radius 3 is 0.963 bits per heavy atom. The number of fused-ring (bicyclic) bond motifs is 4. The zero-order valence-corrected chi connectivity index (χ0v) is 30.5. The number of nitrogens with zero attached hydrogens (tertiary/aromatic N) is 6. The second kappa shape index (κ2) is 12.3. The van der Waals surface area contributed by atoms with Crippen LogP contribution in [-0.4, -0.2) is 9.97 Å². The highest BCUT2D eigenvalue weighted by Gasteiger charge is 2.38. The van der Waals surface area contributed by atoms with E-state index >= 15 is 0 Å². The van der Waals surface area contributed by atoms with E-state index in [2.05, 4.69) is 171 Å².